The number of carbonyl (C=O) groups excluding carboxylic acids is 12. The topological polar surface area (TPSA) is 295 Å². The molecular weight excluding hydrogens is 1030 g/mol. The van der Waals surface area contributed by atoms with Crippen LogP contribution in [0.15, 0.2) is 24.3 Å². The molecule has 4 heterocycles. The first kappa shape index (κ1) is 58.2. The SMILES string of the molecule is C.CC(=O)C[C@@H](C=O)NC(=O)[C@@H]1CCCN2C(=O)CC[C@H](NC(=O)c3cc(Cl)c(O)c(Cl)c3)C(=O)N12.COc1c(Cl)cc(C(=O)N[C@H]2CCC(=O)N3CCC[C@@H](C(=O)N[C@H](C=O)CC(C)=O)N3C2=O)cc1Cl. The van der Waals surface area contributed by atoms with Crippen LogP contribution >= 0.6 is 46.4 Å². The minimum Gasteiger partial charge on any atom is -0.505 e. The lowest BCUT2D eigenvalue weighted by atomic mass is 10.0. The number of nitrogens with zero attached hydrogens (tertiary/aromatic N) is 4. The van der Waals surface area contributed by atoms with E-state index in [0.717, 1.165) is 10.0 Å². The van der Waals surface area contributed by atoms with E-state index in [0.29, 0.717) is 25.4 Å². The third kappa shape index (κ3) is 14.0. The molecule has 2 aromatic rings. The van der Waals surface area contributed by atoms with Gasteiger partial charge in [0.25, 0.3) is 23.6 Å². The summed E-state index contributed by atoms with van der Waals surface area (Å²) in [6.07, 6.45) is 1.75. The number of hydrogen-bond donors (Lipinski definition) is 5. The number of aldehydes is 2. The van der Waals surface area contributed by atoms with Crippen LogP contribution in [-0.4, -0.2) is 153 Å². The van der Waals surface area contributed by atoms with Crippen molar-refractivity contribution in [2.24, 2.45) is 0 Å². The highest BCUT2D eigenvalue weighted by Crippen LogP contribution is 2.35. The maximum absolute atomic E-state index is 13.5. The minimum atomic E-state index is -1.14. The summed E-state index contributed by atoms with van der Waals surface area (Å²) in [5.41, 5.74) is 0.0704. The Morgan fingerprint density at radius 1 is 0.653 bits per heavy atom. The highest BCUT2D eigenvalue weighted by Gasteiger charge is 2.47. The second kappa shape index (κ2) is 25.8. The van der Waals surface area contributed by atoms with Gasteiger partial charge in [0.2, 0.25) is 23.6 Å². The Hall–Kier alpha value is -6.36. The minimum absolute atomic E-state index is 0. The molecule has 72 heavy (non-hydrogen) atoms. The molecule has 6 rings (SSSR count). The van der Waals surface area contributed by atoms with Crippen LogP contribution in [0.1, 0.15) is 106 Å². The molecule has 6 atom stereocenters. The average molecular weight is 1080 g/mol. The van der Waals surface area contributed by atoms with Crippen LogP contribution in [0.25, 0.3) is 0 Å². The number of fused-ring (bicyclic) bond motifs is 2. The molecule has 4 aliphatic rings. The van der Waals surface area contributed by atoms with E-state index >= 15 is 0 Å². The molecule has 0 spiro atoms. The maximum Gasteiger partial charge on any atom is 0.264 e. The third-order valence-corrected chi connectivity index (χ3v) is 12.8. The predicted octanol–water partition coefficient (Wildman–Crippen LogP) is 2.92. The number of carbonyl (C=O) groups is 12. The molecule has 4 aliphatic heterocycles. The van der Waals surface area contributed by atoms with Gasteiger partial charge in [0.1, 0.15) is 48.3 Å². The van der Waals surface area contributed by atoms with E-state index in [2.05, 4.69) is 21.3 Å². The molecule has 0 aliphatic carbocycles. The van der Waals surface area contributed by atoms with Crippen molar-refractivity contribution in [3.63, 3.8) is 0 Å². The number of aromatic hydroxyl groups is 1. The van der Waals surface area contributed by atoms with Crippen molar-refractivity contribution in [3.05, 3.63) is 55.5 Å². The summed E-state index contributed by atoms with van der Waals surface area (Å²) in [6, 6.07) is -1.52. The van der Waals surface area contributed by atoms with Crippen LogP contribution in [0.5, 0.6) is 11.5 Å². The number of hydrazine groups is 2. The van der Waals surface area contributed by atoms with E-state index in [4.69, 9.17) is 51.1 Å². The van der Waals surface area contributed by atoms with Gasteiger partial charge in [-0.3, -0.25) is 58.0 Å². The van der Waals surface area contributed by atoms with Crippen molar-refractivity contribution < 1.29 is 67.4 Å². The second-order valence-electron chi connectivity index (χ2n) is 16.9. The van der Waals surface area contributed by atoms with Crippen LogP contribution in [-0.2, 0) is 47.9 Å². The summed E-state index contributed by atoms with van der Waals surface area (Å²) < 4.78 is 5.08. The fraction of sp³-hybridized carbons (Fsp3) is 0.478. The van der Waals surface area contributed by atoms with Crippen molar-refractivity contribution in [3.8, 4) is 11.5 Å². The summed E-state index contributed by atoms with van der Waals surface area (Å²) in [4.78, 5) is 150. The van der Waals surface area contributed by atoms with Crippen LogP contribution in [0.3, 0.4) is 0 Å². The Kier molecular flexibility index (Phi) is 20.9. The van der Waals surface area contributed by atoms with Gasteiger partial charge in [-0.2, -0.15) is 0 Å². The zero-order valence-corrected chi connectivity index (χ0v) is 41.5. The van der Waals surface area contributed by atoms with Gasteiger partial charge in [0, 0.05) is 49.9 Å². The van der Waals surface area contributed by atoms with Gasteiger partial charge in [-0.1, -0.05) is 53.8 Å². The van der Waals surface area contributed by atoms with E-state index in [9.17, 15) is 62.6 Å². The summed E-state index contributed by atoms with van der Waals surface area (Å²) in [5.74, 6) is -5.58. The van der Waals surface area contributed by atoms with E-state index in [-0.39, 0.29) is 132 Å². The lowest BCUT2D eigenvalue weighted by Gasteiger charge is -2.43. The van der Waals surface area contributed by atoms with E-state index in [1.54, 1.807) is 0 Å². The van der Waals surface area contributed by atoms with Crippen molar-refractivity contribution in [1.82, 2.24) is 41.3 Å². The molecule has 0 radical (unpaired) electrons. The van der Waals surface area contributed by atoms with Gasteiger partial charge >= 0.3 is 0 Å². The van der Waals surface area contributed by atoms with E-state index in [1.807, 2.05) is 0 Å². The van der Waals surface area contributed by atoms with Crippen LogP contribution in [0.4, 0.5) is 0 Å². The molecule has 0 bridgehead atoms. The average Bonchev–Trinajstić information content (AvgIpc) is 3.52. The fourth-order valence-corrected chi connectivity index (χ4v) is 9.45. The normalized spacial score (nSPS) is 20.5. The first-order chi connectivity index (χ1) is 33.6. The summed E-state index contributed by atoms with van der Waals surface area (Å²) >= 11 is 24.0. The number of rotatable bonds is 15. The quantitative estimate of drug-likeness (QED) is 0.160. The number of Topliss-reactive ketones (excluding diaryl/α,β-unsaturated/α-hetero) is 2. The summed E-state index contributed by atoms with van der Waals surface area (Å²) in [5, 5.41) is 24.2. The van der Waals surface area contributed by atoms with Gasteiger partial charge < -0.3 is 40.7 Å². The number of hydrogen-bond acceptors (Lipinski definition) is 14. The highest BCUT2D eigenvalue weighted by molar-refractivity contribution is 6.38. The molecule has 4 fully saturated rings. The first-order valence-corrected chi connectivity index (χ1v) is 23.7. The molecule has 390 valence electrons. The smallest absolute Gasteiger partial charge is 0.264 e. The Morgan fingerprint density at radius 2 is 1.01 bits per heavy atom. The molecule has 0 aromatic heterocycles. The highest BCUT2D eigenvalue weighted by atomic mass is 35.5. The fourth-order valence-electron chi connectivity index (χ4n) is 8.32. The standard InChI is InChI=1S/C23H26Cl2N4O7.C22H24Cl2N4O7.CH4/c1-12(31)8-14(11-30)26-22(34)18-4-3-7-28-19(32)6-5-17(23(35)29(18)28)27-21(33)13-9-15(24)20(36-2)16(25)10-13;1-11(30)7-13(10-29)25-21(34)17-3-2-6-27-18(31)5-4-16(22(35)28(17)27)26-20(33)12-8-14(23)19(32)15(24)9-12;/h9-11,14,17-18H,3-8H2,1-2H3,(H,26,34)(H,27,33);8-10,13,16-17,32H,2-7H2,1H3,(H,25,34)(H,26,33);1H4/t14-,17-,18-;13-,16-,17-;/m00./s1. The van der Waals surface area contributed by atoms with E-state index < -0.39 is 77.4 Å². The second-order valence-corrected chi connectivity index (χ2v) is 18.5. The van der Waals surface area contributed by atoms with Crippen LogP contribution in [0, 0.1) is 0 Å². The molecule has 0 unspecified atom stereocenters. The maximum atomic E-state index is 13.5. The summed E-state index contributed by atoms with van der Waals surface area (Å²) in [7, 11) is 1.38. The Bertz CT molecular complexity index is 2470. The van der Waals surface area contributed by atoms with Crippen molar-refractivity contribution in [2.75, 3.05) is 20.2 Å². The predicted molar refractivity (Wildman–Crippen MR) is 259 cm³/mol. The molecule has 8 amide bonds. The third-order valence-electron chi connectivity index (χ3n) is 11.7. The molecule has 22 nitrogen and oxygen atoms in total. The Morgan fingerprint density at radius 3 is 1.35 bits per heavy atom. The molecule has 2 aromatic carbocycles. The number of nitrogens with one attached hydrogen (secondary N) is 4. The summed E-state index contributed by atoms with van der Waals surface area (Å²) in [6.45, 7) is 3.01. The van der Waals surface area contributed by atoms with Crippen LogP contribution < -0.4 is 26.0 Å². The number of ketones is 2. The molecule has 5 N–H and O–H groups in total. The molecule has 0 saturated carbocycles. The molecule has 26 heteroatoms. The van der Waals surface area contributed by atoms with Gasteiger partial charge in [-0.25, -0.2) is 10.0 Å². The van der Waals surface area contributed by atoms with Crippen molar-refractivity contribution in [1.29, 1.82) is 0 Å². The van der Waals surface area contributed by atoms with Gasteiger partial charge in [-0.05, 0) is 76.6 Å². The monoisotopic (exact) mass is 1080 g/mol. The number of halogens is 4. The van der Waals surface area contributed by atoms with Crippen molar-refractivity contribution >= 4 is 118 Å². The van der Waals surface area contributed by atoms with Crippen molar-refractivity contribution in [2.45, 2.75) is 122 Å². The Labute approximate surface area is 433 Å². The van der Waals surface area contributed by atoms with Gasteiger partial charge in [0.15, 0.2) is 11.5 Å². The number of benzene rings is 2. The van der Waals surface area contributed by atoms with Gasteiger partial charge in [0.05, 0.1) is 39.3 Å². The van der Waals surface area contributed by atoms with Crippen LogP contribution in [0.2, 0.25) is 20.1 Å². The number of ether oxygens (including phenoxy) is 1. The number of amides is 8. The first-order valence-electron chi connectivity index (χ1n) is 22.2. The number of phenolic OH excluding ortho intramolecular Hbond substituents is 1. The number of phenols is 1. The number of methoxy groups -OCH3 is 1. The molecule has 4 saturated heterocycles. The zero-order chi connectivity index (χ0) is 52.4. The van der Waals surface area contributed by atoms with E-state index in [1.165, 1.54) is 55.2 Å². The largest absolute Gasteiger partial charge is 0.505 e. The van der Waals surface area contributed by atoms with Gasteiger partial charge in [-0.15, -0.1) is 0 Å². The lowest BCUT2D eigenvalue weighted by Crippen LogP contribution is -2.64. The molecular formula is C46H54Cl4N8O14. The zero-order valence-electron chi connectivity index (χ0n) is 38.5. The lowest BCUT2D eigenvalue weighted by molar-refractivity contribution is -0.176. The Balaban J connectivity index is 0.000000308.